The summed E-state index contributed by atoms with van der Waals surface area (Å²) in [6, 6.07) is 2.13. The Balaban J connectivity index is 2.75. The van der Waals surface area contributed by atoms with Crippen LogP contribution in [0.25, 0.3) is 11.0 Å². The van der Waals surface area contributed by atoms with Crippen LogP contribution >= 0.6 is 11.6 Å². The molecule has 0 fully saturated rings. The van der Waals surface area contributed by atoms with Crippen LogP contribution in [0.15, 0.2) is 6.07 Å². The van der Waals surface area contributed by atoms with Gasteiger partial charge in [0.1, 0.15) is 11.0 Å². The van der Waals surface area contributed by atoms with Gasteiger partial charge in [-0.25, -0.2) is 4.98 Å². The number of aromatic nitrogens is 3. The van der Waals surface area contributed by atoms with Crippen LogP contribution < -0.4 is 0 Å². The molecule has 0 amide bonds. The quantitative estimate of drug-likeness (QED) is 0.862. The van der Waals surface area contributed by atoms with Crippen LogP contribution in [-0.4, -0.2) is 15.2 Å². The summed E-state index contributed by atoms with van der Waals surface area (Å²) in [6.45, 7) is 8.57. The summed E-state index contributed by atoms with van der Waals surface area (Å²) in [7, 11) is 0. The van der Waals surface area contributed by atoms with Crippen LogP contribution in [0.4, 0.5) is 0 Å². The van der Waals surface area contributed by atoms with Crippen LogP contribution in [0.2, 0.25) is 5.15 Å². The van der Waals surface area contributed by atoms with E-state index in [9.17, 15) is 0 Å². The molecule has 0 bridgehead atoms. The summed E-state index contributed by atoms with van der Waals surface area (Å²) < 4.78 is 0. The van der Waals surface area contributed by atoms with Gasteiger partial charge in [0.15, 0.2) is 5.15 Å². The summed E-state index contributed by atoms with van der Waals surface area (Å²) in [5, 5.41) is 7.54. The molecule has 0 unspecified atom stereocenters. The number of nitrogens with one attached hydrogen (secondary N) is 1. The SMILES string of the molecule is CC(C)c1cc(C(C)C)c2n[nH]c(Cl)c2n1. The fourth-order valence-corrected chi connectivity index (χ4v) is 1.92. The Morgan fingerprint density at radius 1 is 1.12 bits per heavy atom. The molecule has 2 aromatic rings. The predicted molar refractivity (Wildman–Crippen MR) is 67.1 cm³/mol. The summed E-state index contributed by atoms with van der Waals surface area (Å²) in [6.07, 6.45) is 0. The number of hydrogen-bond donors (Lipinski definition) is 1. The minimum atomic E-state index is 0.396. The largest absolute Gasteiger partial charge is 0.265 e. The molecule has 0 atom stereocenters. The second-order valence-electron chi connectivity index (χ2n) is 4.68. The van der Waals surface area contributed by atoms with Crippen molar-refractivity contribution in [2.45, 2.75) is 39.5 Å². The zero-order valence-electron chi connectivity index (χ0n) is 10.0. The zero-order chi connectivity index (χ0) is 11.9. The van der Waals surface area contributed by atoms with Crippen molar-refractivity contribution >= 4 is 22.6 Å². The minimum Gasteiger partial charge on any atom is -0.265 e. The van der Waals surface area contributed by atoms with Crippen molar-refractivity contribution in [2.24, 2.45) is 0 Å². The lowest BCUT2D eigenvalue weighted by molar-refractivity contribution is 0.810. The van der Waals surface area contributed by atoms with Gasteiger partial charge in [0, 0.05) is 5.69 Å². The summed E-state index contributed by atoms with van der Waals surface area (Å²) in [5.74, 6) is 0.815. The second-order valence-corrected chi connectivity index (χ2v) is 5.06. The second kappa shape index (κ2) is 4.06. The van der Waals surface area contributed by atoms with E-state index in [2.05, 4.69) is 48.9 Å². The molecule has 4 heteroatoms. The van der Waals surface area contributed by atoms with Crippen LogP contribution in [0.5, 0.6) is 0 Å². The molecule has 0 saturated heterocycles. The molecule has 0 aliphatic rings. The van der Waals surface area contributed by atoms with E-state index in [1.807, 2.05) is 0 Å². The highest BCUT2D eigenvalue weighted by Crippen LogP contribution is 2.29. The predicted octanol–water partition coefficient (Wildman–Crippen LogP) is 3.86. The lowest BCUT2D eigenvalue weighted by Gasteiger charge is -2.10. The molecule has 2 rings (SSSR count). The zero-order valence-corrected chi connectivity index (χ0v) is 10.8. The Bertz CT molecular complexity index is 514. The Kier molecular flexibility index (Phi) is 2.89. The van der Waals surface area contributed by atoms with E-state index in [1.165, 1.54) is 5.56 Å². The van der Waals surface area contributed by atoms with Crippen molar-refractivity contribution in [1.82, 2.24) is 15.2 Å². The third-order valence-electron chi connectivity index (χ3n) is 2.73. The van der Waals surface area contributed by atoms with Crippen molar-refractivity contribution in [3.05, 3.63) is 22.5 Å². The van der Waals surface area contributed by atoms with Crippen molar-refractivity contribution in [2.75, 3.05) is 0 Å². The molecule has 2 heterocycles. The van der Waals surface area contributed by atoms with Gasteiger partial charge in [-0.2, -0.15) is 5.10 Å². The summed E-state index contributed by atoms with van der Waals surface area (Å²) in [4.78, 5) is 4.55. The molecular formula is C12H16ClN3. The molecule has 0 aromatic carbocycles. The van der Waals surface area contributed by atoms with Crippen molar-refractivity contribution in [3.8, 4) is 0 Å². The maximum Gasteiger partial charge on any atom is 0.150 e. The van der Waals surface area contributed by atoms with E-state index in [1.54, 1.807) is 0 Å². The normalized spacial score (nSPS) is 11.9. The van der Waals surface area contributed by atoms with E-state index in [-0.39, 0.29) is 0 Å². The molecular weight excluding hydrogens is 222 g/mol. The number of halogens is 1. The van der Waals surface area contributed by atoms with Gasteiger partial charge in [-0.05, 0) is 23.5 Å². The standard InChI is InChI=1S/C12H16ClN3/c1-6(2)8-5-9(7(3)4)14-11-10(8)15-16-12(11)13/h5-7H,1-4H3,(H,15,16). The van der Waals surface area contributed by atoms with Gasteiger partial charge >= 0.3 is 0 Å². The van der Waals surface area contributed by atoms with E-state index in [4.69, 9.17) is 11.6 Å². The number of pyridine rings is 1. The Morgan fingerprint density at radius 2 is 1.81 bits per heavy atom. The molecule has 0 aliphatic carbocycles. The number of H-pyrrole nitrogens is 1. The smallest absolute Gasteiger partial charge is 0.150 e. The first kappa shape index (κ1) is 11.4. The monoisotopic (exact) mass is 237 g/mol. The van der Waals surface area contributed by atoms with Gasteiger partial charge in [-0.1, -0.05) is 39.3 Å². The van der Waals surface area contributed by atoms with Gasteiger partial charge in [-0.3, -0.25) is 5.10 Å². The Morgan fingerprint density at radius 3 is 2.38 bits per heavy atom. The van der Waals surface area contributed by atoms with E-state index in [0.29, 0.717) is 17.0 Å². The molecule has 3 nitrogen and oxygen atoms in total. The first-order valence-corrected chi connectivity index (χ1v) is 5.93. The van der Waals surface area contributed by atoms with Crippen LogP contribution in [-0.2, 0) is 0 Å². The third kappa shape index (κ3) is 1.80. The molecule has 2 aromatic heterocycles. The molecule has 1 N–H and O–H groups in total. The highest BCUT2D eigenvalue weighted by molar-refractivity contribution is 6.33. The number of aromatic amines is 1. The van der Waals surface area contributed by atoms with Crippen LogP contribution in [0.1, 0.15) is 50.8 Å². The molecule has 0 saturated carbocycles. The molecule has 0 radical (unpaired) electrons. The number of rotatable bonds is 2. The minimum absolute atomic E-state index is 0.396. The Hall–Kier alpha value is -1.09. The first-order chi connectivity index (χ1) is 7.50. The van der Waals surface area contributed by atoms with E-state index >= 15 is 0 Å². The summed E-state index contributed by atoms with van der Waals surface area (Å²) in [5.41, 5.74) is 3.96. The topological polar surface area (TPSA) is 41.6 Å². The number of fused-ring (bicyclic) bond motifs is 1. The number of nitrogens with zero attached hydrogens (tertiary/aromatic N) is 2. The first-order valence-electron chi connectivity index (χ1n) is 5.55. The average molecular weight is 238 g/mol. The van der Waals surface area contributed by atoms with Crippen LogP contribution in [0.3, 0.4) is 0 Å². The van der Waals surface area contributed by atoms with Gasteiger partial charge in [0.2, 0.25) is 0 Å². The molecule has 0 aliphatic heterocycles. The Labute approximate surface area is 100 Å². The van der Waals surface area contributed by atoms with Gasteiger partial charge < -0.3 is 0 Å². The van der Waals surface area contributed by atoms with Crippen LogP contribution in [0, 0.1) is 0 Å². The lowest BCUT2D eigenvalue weighted by atomic mass is 9.99. The van der Waals surface area contributed by atoms with E-state index < -0.39 is 0 Å². The lowest BCUT2D eigenvalue weighted by Crippen LogP contribution is -1.98. The molecule has 0 spiro atoms. The molecule has 16 heavy (non-hydrogen) atoms. The maximum absolute atomic E-state index is 6.05. The van der Waals surface area contributed by atoms with Crippen molar-refractivity contribution < 1.29 is 0 Å². The third-order valence-corrected chi connectivity index (χ3v) is 2.99. The number of hydrogen-bond acceptors (Lipinski definition) is 2. The van der Waals surface area contributed by atoms with E-state index in [0.717, 1.165) is 16.7 Å². The average Bonchev–Trinajstić information content (AvgIpc) is 2.59. The fraction of sp³-hybridized carbons (Fsp3) is 0.500. The fourth-order valence-electron chi connectivity index (χ4n) is 1.74. The van der Waals surface area contributed by atoms with Crippen molar-refractivity contribution in [3.63, 3.8) is 0 Å². The maximum atomic E-state index is 6.05. The highest BCUT2D eigenvalue weighted by atomic mass is 35.5. The molecule has 86 valence electrons. The van der Waals surface area contributed by atoms with Gasteiger partial charge in [0.25, 0.3) is 0 Å². The van der Waals surface area contributed by atoms with Gasteiger partial charge in [0.05, 0.1) is 0 Å². The van der Waals surface area contributed by atoms with Gasteiger partial charge in [-0.15, -0.1) is 0 Å². The summed E-state index contributed by atoms with van der Waals surface area (Å²) >= 11 is 6.05. The highest BCUT2D eigenvalue weighted by Gasteiger charge is 2.15. The van der Waals surface area contributed by atoms with Crippen molar-refractivity contribution in [1.29, 1.82) is 0 Å².